The zero-order valence-corrected chi connectivity index (χ0v) is 29.2. The van der Waals surface area contributed by atoms with E-state index in [1.165, 1.54) is 62.9 Å². The molecule has 0 bridgehead atoms. The molecule has 0 radical (unpaired) electrons. The van der Waals surface area contributed by atoms with Crippen molar-refractivity contribution in [2.75, 3.05) is 20.1 Å². The Hall–Kier alpha value is -1.71. The zero-order valence-electron chi connectivity index (χ0n) is 29.2. The van der Waals surface area contributed by atoms with Crippen molar-refractivity contribution in [3.63, 3.8) is 0 Å². The van der Waals surface area contributed by atoms with Gasteiger partial charge in [-0.3, -0.25) is 14.8 Å². The maximum atomic E-state index is 4.51. The molecule has 1 saturated carbocycles. The molecule has 1 aromatic carbocycles. The van der Waals surface area contributed by atoms with Crippen LogP contribution in [-0.2, 0) is 6.54 Å². The molecular formula is C38H67N3. The SMILES string of the molecule is CC.CC.CC(C)(C)C1CCN(Cc2ccccc2)CC1.CC(c1ccccn1)N(C)C1CCC(C(C)(C)C)CC1. The van der Waals surface area contributed by atoms with Gasteiger partial charge in [-0.1, -0.05) is 106 Å². The Morgan fingerprint density at radius 2 is 1.22 bits per heavy atom. The molecule has 0 spiro atoms. The maximum Gasteiger partial charge on any atom is 0.0572 e. The lowest BCUT2D eigenvalue weighted by atomic mass is 9.71. The van der Waals surface area contributed by atoms with Gasteiger partial charge in [-0.2, -0.15) is 0 Å². The monoisotopic (exact) mass is 566 g/mol. The molecule has 3 nitrogen and oxygen atoms in total. The summed E-state index contributed by atoms with van der Waals surface area (Å²) in [6.07, 6.45) is 10.0. The number of rotatable bonds is 5. The molecule has 0 amide bonds. The van der Waals surface area contributed by atoms with E-state index < -0.39 is 0 Å². The van der Waals surface area contributed by atoms with Gasteiger partial charge in [-0.15, -0.1) is 0 Å². The summed E-state index contributed by atoms with van der Waals surface area (Å²) in [5, 5.41) is 0. The van der Waals surface area contributed by atoms with Crippen LogP contribution in [0.15, 0.2) is 54.7 Å². The Balaban J connectivity index is 0.000000369. The van der Waals surface area contributed by atoms with Crippen LogP contribution in [0.1, 0.15) is 132 Å². The number of likely N-dealkylation sites (tertiary alicyclic amines) is 1. The summed E-state index contributed by atoms with van der Waals surface area (Å²) >= 11 is 0. The number of hydrogen-bond acceptors (Lipinski definition) is 3. The Bertz CT molecular complexity index is 881. The normalized spacial score (nSPS) is 20.9. The fraction of sp³-hybridized carbons (Fsp3) is 0.711. The van der Waals surface area contributed by atoms with Gasteiger partial charge in [0.2, 0.25) is 0 Å². The Morgan fingerprint density at radius 3 is 1.68 bits per heavy atom. The van der Waals surface area contributed by atoms with Gasteiger partial charge in [0.1, 0.15) is 0 Å². The predicted octanol–water partition coefficient (Wildman–Crippen LogP) is 10.7. The first-order valence-corrected chi connectivity index (χ1v) is 16.8. The van der Waals surface area contributed by atoms with Gasteiger partial charge in [0.25, 0.3) is 0 Å². The third kappa shape index (κ3) is 13.0. The topological polar surface area (TPSA) is 19.4 Å². The number of nitrogens with zero attached hydrogens (tertiary/aromatic N) is 3. The Kier molecular flexibility index (Phi) is 17.1. The molecule has 1 atom stereocenters. The van der Waals surface area contributed by atoms with Gasteiger partial charge in [0, 0.05) is 24.8 Å². The minimum Gasteiger partial charge on any atom is -0.299 e. The number of benzene rings is 1. The van der Waals surface area contributed by atoms with Crippen molar-refractivity contribution in [3.8, 4) is 0 Å². The van der Waals surface area contributed by atoms with Gasteiger partial charge in [-0.25, -0.2) is 0 Å². The zero-order chi connectivity index (χ0) is 31.1. The molecule has 3 heteroatoms. The van der Waals surface area contributed by atoms with Crippen LogP contribution in [0.3, 0.4) is 0 Å². The first kappa shape index (κ1) is 37.3. The van der Waals surface area contributed by atoms with Gasteiger partial charge >= 0.3 is 0 Å². The molecule has 2 aliphatic rings. The fourth-order valence-electron chi connectivity index (χ4n) is 6.30. The van der Waals surface area contributed by atoms with Crippen molar-refractivity contribution >= 4 is 0 Å². The standard InChI is InChI=1S/C18H30N2.C16H25N.2C2H6/c1-14(17-8-6-7-13-19-17)20(5)16-11-9-15(10-12-16)18(2,3)4;1-16(2,3)15-9-11-17(12-10-15)13-14-7-5-4-6-8-14;2*1-2/h6-8,13-16H,9-12H2,1-5H3;4-8,15H,9-13H2,1-3H3;2*1-2H3. The summed E-state index contributed by atoms with van der Waals surface area (Å²) in [5.41, 5.74) is 3.59. The molecule has 234 valence electrons. The van der Waals surface area contributed by atoms with Crippen molar-refractivity contribution in [2.45, 2.75) is 133 Å². The summed E-state index contributed by atoms with van der Waals surface area (Å²) in [6.45, 7) is 28.2. The second kappa shape index (κ2) is 18.7. The molecule has 1 unspecified atom stereocenters. The van der Waals surface area contributed by atoms with Crippen molar-refractivity contribution in [1.82, 2.24) is 14.8 Å². The third-order valence-corrected chi connectivity index (χ3v) is 9.29. The van der Waals surface area contributed by atoms with Gasteiger partial charge in [-0.05, 0) is 106 Å². The first-order chi connectivity index (χ1) is 19.4. The predicted molar refractivity (Wildman–Crippen MR) is 182 cm³/mol. The van der Waals surface area contributed by atoms with E-state index in [-0.39, 0.29) is 0 Å². The van der Waals surface area contributed by atoms with E-state index >= 15 is 0 Å². The highest BCUT2D eigenvalue weighted by Gasteiger charge is 2.32. The molecule has 1 aliphatic carbocycles. The molecule has 1 saturated heterocycles. The minimum atomic E-state index is 0.410. The lowest BCUT2D eigenvalue weighted by Gasteiger charge is -2.41. The van der Waals surface area contributed by atoms with Crippen LogP contribution in [0, 0.1) is 22.7 Å². The smallest absolute Gasteiger partial charge is 0.0572 e. The Morgan fingerprint density at radius 1 is 0.732 bits per heavy atom. The summed E-state index contributed by atoms with van der Waals surface area (Å²) in [6, 6.07) is 18.2. The fourth-order valence-corrected chi connectivity index (χ4v) is 6.30. The lowest BCUT2D eigenvalue weighted by molar-refractivity contribution is 0.0892. The molecule has 2 heterocycles. The lowest BCUT2D eigenvalue weighted by Crippen LogP contribution is -2.39. The largest absolute Gasteiger partial charge is 0.299 e. The number of aromatic nitrogens is 1. The molecular weight excluding hydrogens is 498 g/mol. The highest BCUT2D eigenvalue weighted by atomic mass is 15.2. The number of piperidine rings is 1. The third-order valence-electron chi connectivity index (χ3n) is 9.29. The summed E-state index contributed by atoms with van der Waals surface area (Å²) in [4.78, 5) is 9.63. The van der Waals surface area contributed by atoms with Crippen molar-refractivity contribution in [3.05, 3.63) is 66.0 Å². The average Bonchev–Trinajstić information content (AvgIpc) is 2.99. The van der Waals surface area contributed by atoms with Crippen LogP contribution in [0.4, 0.5) is 0 Å². The van der Waals surface area contributed by atoms with Crippen LogP contribution in [-0.4, -0.2) is 41.0 Å². The number of pyridine rings is 1. The van der Waals surface area contributed by atoms with E-state index in [1.807, 2.05) is 40.0 Å². The van der Waals surface area contributed by atoms with E-state index in [0.717, 1.165) is 18.4 Å². The highest BCUT2D eigenvalue weighted by Crippen LogP contribution is 2.40. The average molecular weight is 566 g/mol. The number of hydrogen-bond donors (Lipinski definition) is 0. The minimum absolute atomic E-state index is 0.410. The Labute approximate surface area is 256 Å². The van der Waals surface area contributed by atoms with E-state index in [1.54, 1.807) is 0 Å². The van der Waals surface area contributed by atoms with E-state index in [2.05, 4.69) is 113 Å². The molecule has 0 N–H and O–H groups in total. The molecule has 1 aromatic heterocycles. The van der Waals surface area contributed by atoms with E-state index in [9.17, 15) is 0 Å². The summed E-state index contributed by atoms with van der Waals surface area (Å²) < 4.78 is 0. The maximum absolute atomic E-state index is 4.51. The molecule has 2 aromatic rings. The van der Waals surface area contributed by atoms with Crippen molar-refractivity contribution in [2.24, 2.45) is 22.7 Å². The second-order valence-corrected chi connectivity index (χ2v) is 13.9. The van der Waals surface area contributed by atoms with Gasteiger partial charge < -0.3 is 0 Å². The molecule has 4 rings (SSSR count). The van der Waals surface area contributed by atoms with Crippen molar-refractivity contribution < 1.29 is 0 Å². The van der Waals surface area contributed by atoms with Gasteiger partial charge in [0.05, 0.1) is 5.69 Å². The van der Waals surface area contributed by atoms with E-state index in [0.29, 0.717) is 22.9 Å². The van der Waals surface area contributed by atoms with Crippen LogP contribution in [0.25, 0.3) is 0 Å². The van der Waals surface area contributed by atoms with Crippen LogP contribution in [0.5, 0.6) is 0 Å². The summed E-state index contributed by atoms with van der Waals surface area (Å²) in [5.74, 6) is 1.78. The molecule has 2 fully saturated rings. The van der Waals surface area contributed by atoms with Crippen LogP contribution < -0.4 is 0 Å². The quantitative estimate of drug-likeness (QED) is 0.359. The first-order valence-electron chi connectivity index (χ1n) is 16.8. The molecule has 41 heavy (non-hydrogen) atoms. The van der Waals surface area contributed by atoms with Crippen LogP contribution in [0.2, 0.25) is 0 Å². The second-order valence-electron chi connectivity index (χ2n) is 13.9. The van der Waals surface area contributed by atoms with Crippen LogP contribution >= 0.6 is 0 Å². The highest BCUT2D eigenvalue weighted by molar-refractivity contribution is 5.14. The van der Waals surface area contributed by atoms with E-state index in [4.69, 9.17) is 0 Å². The summed E-state index contributed by atoms with van der Waals surface area (Å²) in [7, 11) is 2.27. The van der Waals surface area contributed by atoms with Gasteiger partial charge in [0.15, 0.2) is 0 Å². The molecule has 1 aliphatic heterocycles. The van der Waals surface area contributed by atoms with Crippen molar-refractivity contribution in [1.29, 1.82) is 0 Å².